The van der Waals surface area contributed by atoms with Crippen molar-refractivity contribution in [1.82, 2.24) is 10.2 Å². The van der Waals surface area contributed by atoms with Crippen molar-refractivity contribution >= 4 is 29.5 Å². The zero-order chi connectivity index (χ0) is 25.9. The molecule has 3 atom stereocenters. The van der Waals surface area contributed by atoms with Crippen LogP contribution in [0, 0.1) is 11.7 Å². The number of nitrogens with zero attached hydrogens (tertiary/aromatic N) is 3. The van der Waals surface area contributed by atoms with Crippen molar-refractivity contribution < 1.29 is 28.2 Å². The first-order chi connectivity index (χ1) is 17.9. The van der Waals surface area contributed by atoms with Gasteiger partial charge in [0.25, 0.3) is 0 Å². The summed E-state index contributed by atoms with van der Waals surface area (Å²) in [4.78, 5) is 41.5. The summed E-state index contributed by atoms with van der Waals surface area (Å²) in [6, 6.07) is 14.2. The van der Waals surface area contributed by atoms with Gasteiger partial charge in [0.1, 0.15) is 18.5 Å². The van der Waals surface area contributed by atoms with Gasteiger partial charge in [0, 0.05) is 26.6 Å². The fourth-order valence-electron chi connectivity index (χ4n) is 5.42. The van der Waals surface area contributed by atoms with Gasteiger partial charge < -0.3 is 24.6 Å². The SMILES string of the molecule is CC(=O)NC[C@H]1CN(c2ccc(N3C[C@H]4CCCN(C(=O)OCc5ccccc5)[C@H]4C3)c(F)c2)C(=O)O1. The highest BCUT2D eigenvalue weighted by Crippen LogP contribution is 2.36. The number of rotatable bonds is 6. The fraction of sp³-hybridized carbons (Fsp3) is 0.444. The van der Waals surface area contributed by atoms with Gasteiger partial charge in [0.15, 0.2) is 0 Å². The van der Waals surface area contributed by atoms with Gasteiger partial charge in [0.2, 0.25) is 5.91 Å². The zero-order valence-corrected chi connectivity index (χ0v) is 20.8. The normalized spacial score (nSPS) is 23.0. The predicted octanol–water partition coefficient (Wildman–Crippen LogP) is 3.52. The minimum absolute atomic E-state index is 0.0424. The summed E-state index contributed by atoms with van der Waals surface area (Å²) in [5.41, 5.74) is 1.78. The van der Waals surface area contributed by atoms with Crippen molar-refractivity contribution in [3.8, 4) is 0 Å². The van der Waals surface area contributed by atoms with Crippen LogP contribution in [0.1, 0.15) is 25.3 Å². The molecule has 0 saturated carbocycles. The lowest BCUT2D eigenvalue weighted by molar-refractivity contribution is -0.119. The van der Waals surface area contributed by atoms with Gasteiger partial charge in [-0.1, -0.05) is 30.3 Å². The molecule has 3 aliphatic rings. The number of ether oxygens (including phenoxy) is 2. The zero-order valence-electron chi connectivity index (χ0n) is 20.8. The Kier molecular flexibility index (Phi) is 7.16. The Balaban J connectivity index is 1.23. The molecule has 196 valence electrons. The molecule has 10 heteroatoms. The van der Waals surface area contributed by atoms with E-state index in [1.807, 2.05) is 35.2 Å². The Hall–Kier alpha value is -3.82. The molecule has 0 aliphatic carbocycles. The standard InChI is InChI=1S/C27H31FN4O5/c1-18(33)29-13-22-15-32(27(35)37-22)21-9-10-24(23(28)12-21)30-14-20-8-5-11-31(25(20)16-30)26(34)36-17-19-6-3-2-4-7-19/h2-4,6-7,9-10,12,20,22,25H,5,8,11,13-17H2,1H3,(H,29,33)/t20-,22+,25+/m1/s1. The van der Waals surface area contributed by atoms with E-state index in [2.05, 4.69) is 5.32 Å². The molecule has 3 heterocycles. The van der Waals surface area contributed by atoms with E-state index >= 15 is 4.39 Å². The Bertz CT molecular complexity index is 1160. The molecule has 0 unspecified atom stereocenters. The maximum Gasteiger partial charge on any atom is 0.414 e. The molecule has 0 aromatic heterocycles. The number of amides is 3. The number of halogens is 1. The van der Waals surface area contributed by atoms with Gasteiger partial charge in [-0.2, -0.15) is 0 Å². The summed E-state index contributed by atoms with van der Waals surface area (Å²) in [5, 5.41) is 2.63. The lowest BCUT2D eigenvalue weighted by Gasteiger charge is -2.35. The van der Waals surface area contributed by atoms with Crippen molar-refractivity contribution in [3.05, 3.63) is 59.9 Å². The molecule has 0 bridgehead atoms. The van der Waals surface area contributed by atoms with Crippen molar-refractivity contribution in [2.24, 2.45) is 5.92 Å². The molecule has 2 aromatic rings. The summed E-state index contributed by atoms with van der Waals surface area (Å²) in [5.74, 6) is -0.410. The van der Waals surface area contributed by atoms with Crippen molar-refractivity contribution in [3.63, 3.8) is 0 Å². The van der Waals surface area contributed by atoms with Crippen molar-refractivity contribution in [2.45, 2.75) is 38.5 Å². The summed E-state index contributed by atoms with van der Waals surface area (Å²) >= 11 is 0. The highest BCUT2D eigenvalue weighted by Gasteiger charge is 2.42. The highest BCUT2D eigenvalue weighted by molar-refractivity contribution is 5.90. The van der Waals surface area contributed by atoms with Crippen molar-refractivity contribution in [1.29, 1.82) is 0 Å². The third-order valence-corrected chi connectivity index (χ3v) is 7.26. The van der Waals surface area contributed by atoms with Crippen LogP contribution in [-0.4, -0.2) is 67.9 Å². The van der Waals surface area contributed by atoms with Gasteiger partial charge >= 0.3 is 12.2 Å². The largest absolute Gasteiger partial charge is 0.445 e. The fourth-order valence-corrected chi connectivity index (χ4v) is 5.42. The van der Waals surface area contributed by atoms with E-state index < -0.39 is 18.0 Å². The highest BCUT2D eigenvalue weighted by atomic mass is 19.1. The number of hydrogen-bond acceptors (Lipinski definition) is 6. The first kappa shape index (κ1) is 24.9. The number of anilines is 2. The number of carbonyl (C=O) groups is 3. The summed E-state index contributed by atoms with van der Waals surface area (Å²) in [7, 11) is 0. The molecule has 1 N–H and O–H groups in total. The first-order valence-corrected chi connectivity index (χ1v) is 12.6. The van der Waals surface area contributed by atoms with Crippen LogP contribution < -0.4 is 15.1 Å². The van der Waals surface area contributed by atoms with E-state index in [-0.39, 0.29) is 43.7 Å². The Labute approximate surface area is 215 Å². The van der Waals surface area contributed by atoms with Gasteiger partial charge in [-0.05, 0) is 42.5 Å². The number of carbonyl (C=O) groups excluding carboxylic acids is 3. The predicted molar refractivity (Wildman–Crippen MR) is 135 cm³/mol. The van der Waals surface area contributed by atoms with Crippen LogP contribution >= 0.6 is 0 Å². The Morgan fingerprint density at radius 2 is 1.95 bits per heavy atom. The summed E-state index contributed by atoms with van der Waals surface area (Å²) < 4.78 is 26.2. The van der Waals surface area contributed by atoms with E-state index in [0.29, 0.717) is 31.0 Å². The van der Waals surface area contributed by atoms with E-state index in [4.69, 9.17) is 9.47 Å². The molecule has 2 aromatic carbocycles. The summed E-state index contributed by atoms with van der Waals surface area (Å²) in [6.07, 6.45) is 0.456. The van der Waals surface area contributed by atoms with Gasteiger partial charge in [-0.3, -0.25) is 9.69 Å². The number of likely N-dealkylation sites (tertiary alicyclic amines) is 1. The second kappa shape index (κ2) is 10.7. The molecule has 3 fully saturated rings. The smallest absolute Gasteiger partial charge is 0.414 e. The average molecular weight is 511 g/mol. The molecule has 3 saturated heterocycles. The van der Waals surface area contributed by atoms with Gasteiger partial charge in [-0.25, -0.2) is 14.0 Å². The quantitative estimate of drug-likeness (QED) is 0.640. The van der Waals surface area contributed by atoms with Gasteiger partial charge in [-0.15, -0.1) is 0 Å². The van der Waals surface area contributed by atoms with Crippen LogP contribution in [0.25, 0.3) is 0 Å². The Morgan fingerprint density at radius 3 is 2.70 bits per heavy atom. The molecule has 3 aliphatic heterocycles. The third-order valence-electron chi connectivity index (χ3n) is 7.26. The van der Waals surface area contributed by atoms with E-state index in [9.17, 15) is 14.4 Å². The minimum Gasteiger partial charge on any atom is -0.445 e. The van der Waals surface area contributed by atoms with Gasteiger partial charge in [0.05, 0.1) is 30.5 Å². The maximum atomic E-state index is 15.3. The minimum atomic E-state index is -0.570. The molecule has 5 rings (SSSR count). The third kappa shape index (κ3) is 5.47. The topological polar surface area (TPSA) is 91.4 Å². The first-order valence-electron chi connectivity index (χ1n) is 12.6. The number of hydrogen-bond donors (Lipinski definition) is 1. The second-order valence-corrected chi connectivity index (χ2v) is 9.80. The molecule has 0 radical (unpaired) electrons. The van der Waals surface area contributed by atoms with Crippen LogP contribution in [0.15, 0.2) is 48.5 Å². The maximum absolute atomic E-state index is 15.3. The molecule has 37 heavy (non-hydrogen) atoms. The average Bonchev–Trinajstić information content (AvgIpc) is 3.49. The molecular formula is C27H31FN4O5. The van der Waals surface area contributed by atoms with Crippen LogP contribution in [-0.2, 0) is 20.9 Å². The molecule has 3 amide bonds. The van der Waals surface area contributed by atoms with Crippen LogP contribution in [0.2, 0.25) is 0 Å². The number of benzene rings is 2. The lowest BCUT2D eigenvalue weighted by atomic mass is 9.92. The summed E-state index contributed by atoms with van der Waals surface area (Å²) in [6.45, 7) is 3.84. The van der Waals surface area contributed by atoms with E-state index in [0.717, 1.165) is 18.4 Å². The number of nitrogens with one attached hydrogen (secondary N) is 1. The monoisotopic (exact) mass is 510 g/mol. The van der Waals surface area contributed by atoms with Crippen LogP contribution in [0.5, 0.6) is 0 Å². The van der Waals surface area contributed by atoms with E-state index in [1.165, 1.54) is 17.9 Å². The van der Waals surface area contributed by atoms with Crippen LogP contribution in [0.3, 0.4) is 0 Å². The van der Waals surface area contributed by atoms with E-state index in [1.54, 1.807) is 17.0 Å². The molecular weight excluding hydrogens is 479 g/mol. The second-order valence-electron chi connectivity index (χ2n) is 9.80. The molecule has 9 nitrogen and oxygen atoms in total. The molecule has 0 spiro atoms. The lowest BCUT2D eigenvalue weighted by Crippen LogP contribution is -2.48. The number of cyclic esters (lactones) is 1. The Morgan fingerprint density at radius 1 is 1.14 bits per heavy atom. The van der Waals surface area contributed by atoms with Crippen molar-refractivity contribution in [2.75, 3.05) is 42.5 Å². The van der Waals surface area contributed by atoms with Crippen LogP contribution in [0.4, 0.5) is 25.4 Å². The number of piperidine rings is 1. The number of fused-ring (bicyclic) bond motifs is 1.